The molecular formula is C27H22F5N7O3S. The van der Waals surface area contributed by atoms with Crippen LogP contribution < -0.4 is 20.4 Å². The van der Waals surface area contributed by atoms with Crippen LogP contribution in [0.1, 0.15) is 18.1 Å². The molecule has 0 radical (unpaired) electrons. The highest BCUT2D eigenvalue weighted by Gasteiger charge is 2.45. The molecule has 0 aliphatic carbocycles. The third kappa shape index (κ3) is 5.83. The van der Waals surface area contributed by atoms with E-state index in [4.69, 9.17) is 0 Å². The summed E-state index contributed by atoms with van der Waals surface area (Å²) >= 11 is 0.821. The summed E-state index contributed by atoms with van der Waals surface area (Å²) in [7, 11) is 0. The zero-order valence-corrected chi connectivity index (χ0v) is 23.2. The van der Waals surface area contributed by atoms with Crippen LogP contribution >= 0.6 is 11.3 Å². The zero-order valence-electron chi connectivity index (χ0n) is 22.4. The number of aryl methyl sites for hydroxylation is 1. The van der Waals surface area contributed by atoms with E-state index in [2.05, 4.69) is 25.6 Å². The number of rotatable bonds is 7. The average Bonchev–Trinajstić information content (AvgIpc) is 3.47. The number of thiazole rings is 1. The van der Waals surface area contributed by atoms with E-state index in [1.807, 2.05) is 0 Å². The third-order valence-electron chi connectivity index (χ3n) is 6.32. The third-order valence-corrected chi connectivity index (χ3v) is 7.08. The monoisotopic (exact) mass is 619 g/mol. The molecule has 1 atom stereocenters. The van der Waals surface area contributed by atoms with Crippen LogP contribution in [0.5, 0.6) is 0 Å². The van der Waals surface area contributed by atoms with Gasteiger partial charge in [0, 0.05) is 29.2 Å². The zero-order chi connectivity index (χ0) is 31.1. The molecule has 0 unspecified atom stereocenters. The number of fused-ring (bicyclic) bond motifs is 1. The van der Waals surface area contributed by atoms with Crippen LogP contribution in [0.4, 0.5) is 55.0 Å². The molecule has 0 bridgehead atoms. The highest BCUT2D eigenvalue weighted by Crippen LogP contribution is 2.41. The van der Waals surface area contributed by atoms with E-state index < -0.39 is 41.5 Å². The highest BCUT2D eigenvalue weighted by atomic mass is 32.1. The summed E-state index contributed by atoms with van der Waals surface area (Å²) < 4.78 is 70.7. The van der Waals surface area contributed by atoms with Crippen molar-refractivity contribution in [3.8, 4) is 11.3 Å². The number of anilines is 5. The summed E-state index contributed by atoms with van der Waals surface area (Å²) in [4.78, 5) is 39.4. The number of urea groups is 1. The van der Waals surface area contributed by atoms with Gasteiger partial charge in [-0.1, -0.05) is 12.1 Å². The summed E-state index contributed by atoms with van der Waals surface area (Å²) in [6.45, 7) is 2.88. The number of carbonyl (C=O) groups is 2. The van der Waals surface area contributed by atoms with Gasteiger partial charge in [-0.15, -0.1) is 11.3 Å². The first-order valence-corrected chi connectivity index (χ1v) is 13.5. The van der Waals surface area contributed by atoms with Gasteiger partial charge in [-0.25, -0.2) is 33.3 Å². The maximum atomic E-state index is 14.9. The smallest absolute Gasteiger partial charge is 0.392 e. The van der Waals surface area contributed by atoms with E-state index in [9.17, 15) is 36.6 Å². The molecule has 4 aromatic rings. The molecule has 0 saturated carbocycles. The van der Waals surface area contributed by atoms with E-state index in [1.54, 1.807) is 6.92 Å². The fourth-order valence-electron chi connectivity index (χ4n) is 4.38. The predicted octanol–water partition coefficient (Wildman–Crippen LogP) is 5.57. The SMILES string of the molecule is Cc1ccc(N(C(=O)C(F)(F)F)c2nccs2)cc1-c1nc(NC[C@@H](C)O)nc2c1CNC(=O)N2c1c(F)cccc1F. The Kier molecular flexibility index (Phi) is 7.98. The second kappa shape index (κ2) is 11.5. The second-order valence-electron chi connectivity index (χ2n) is 9.44. The first-order valence-electron chi connectivity index (χ1n) is 12.6. The number of alkyl halides is 3. The molecule has 3 amide bonds. The maximum Gasteiger partial charge on any atom is 0.472 e. The van der Waals surface area contributed by atoms with Crippen LogP contribution in [0, 0.1) is 18.6 Å². The summed E-state index contributed by atoms with van der Waals surface area (Å²) in [5.41, 5.74) is 0.137. The number of aliphatic hydroxyl groups excluding tert-OH is 1. The summed E-state index contributed by atoms with van der Waals surface area (Å²) in [5, 5.41) is 16.3. The molecule has 0 saturated heterocycles. The molecule has 5 rings (SSSR count). The fraction of sp³-hybridized carbons (Fsp3) is 0.222. The number of nitrogens with zero attached hydrogens (tertiary/aromatic N) is 5. The van der Waals surface area contributed by atoms with E-state index in [-0.39, 0.29) is 52.5 Å². The number of hydrogen-bond donors (Lipinski definition) is 3. The maximum absolute atomic E-state index is 14.9. The summed E-state index contributed by atoms with van der Waals surface area (Å²) in [6, 6.07) is 6.25. The minimum absolute atomic E-state index is 0.0462. The normalized spacial score (nSPS) is 13.8. The Bertz CT molecular complexity index is 1680. The molecule has 0 spiro atoms. The number of carbonyl (C=O) groups excluding carboxylic acids is 2. The van der Waals surface area contributed by atoms with E-state index in [0.717, 1.165) is 29.5 Å². The molecule has 224 valence electrons. The van der Waals surface area contributed by atoms with Gasteiger partial charge in [-0.05, 0) is 43.7 Å². The Morgan fingerprint density at radius 2 is 1.93 bits per heavy atom. The molecular weight excluding hydrogens is 597 g/mol. The van der Waals surface area contributed by atoms with Crippen LogP contribution in [-0.4, -0.2) is 50.8 Å². The molecule has 3 N–H and O–H groups in total. The average molecular weight is 620 g/mol. The summed E-state index contributed by atoms with van der Waals surface area (Å²) in [5.74, 6) is -4.61. The van der Waals surface area contributed by atoms with Crippen molar-refractivity contribution >= 4 is 51.5 Å². The lowest BCUT2D eigenvalue weighted by atomic mass is 9.99. The number of aromatic nitrogens is 3. The Balaban J connectivity index is 1.74. The van der Waals surface area contributed by atoms with Gasteiger partial charge in [0.1, 0.15) is 17.3 Å². The van der Waals surface area contributed by atoms with Crippen LogP contribution in [0.2, 0.25) is 0 Å². The molecule has 3 heterocycles. The van der Waals surface area contributed by atoms with Crippen LogP contribution in [-0.2, 0) is 11.3 Å². The predicted molar refractivity (Wildman–Crippen MR) is 148 cm³/mol. The van der Waals surface area contributed by atoms with Crippen molar-refractivity contribution in [2.24, 2.45) is 0 Å². The van der Waals surface area contributed by atoms with Crippen molar-refractivity contribution in [1.82, 2.24) is 20.3 Å². The minimum Gasteiger partial charge on any atom is -0.392 e. The van der Waals surface area contributed by atoms with Crippen molar-refractivity contribution in [2.45, 2.75) is 32.7 Å². The van der Waals surface area contributed by atoms with Gasteiger partial charge in [-0.3, -0.25) is 4.79 Å². The van der Waals surface area contributed by atoms with Crippen molar-refractivity contribution < 1.29 is 36.6 Å². The number of para-hydroxylation sites is 1. The lowest BCUT2D eigenvalue weighted by Gasteiger charge is -2.31. The van der Waals surface area contributed by atoms with Gasteiger partial charge >= 0.3 is 18.1 Å². The summed E-state index contributed by atoms with van der Waals surface area (Å²) in [6.07, 6.45) is -4.83. The lowest BCUT2D eigenvalue weighted by Crippen LogP contribution is -2.43. The van der Waals surface area contributed by atoms with E-state index in [1.165, 1.54) is 36.7 Å². The van der Waals surface area contributed by atoms with Crippen molar-refractivity contribution in [3.05, 3.63) is 70.7 Å². The first kappa shape index (κ1) is 29.8. The fourth-order valence-corrected chi connectivity index (χ4v) is 5.04. The molecule has 1 aliphatic heterocycles. The number of amides is 3. The second-order valence-corrected chi connectivity index (χ2v) is 10.3. The van der Waals surface area contributed by atoms with Crippen molar-refractivity contribution in [3.63, 3.8) is 0 Å². The van der Waals surface area contributed by atoms with Gasteiger partial charge in [0.25, 0.3) is 0 Å². The molecule has 16 heteroatoms. The molecule has 43 heavy (non-hydrogen) atoms. The quantitative estimate of drug-likeness (QED) is 0.231. The number of aliphatic hydroxyl groups is 1. The van der Waals surface area contributed by atoms with Gasteiger partial charge in [0.15, 0.2) is 10.9 Å². The number of benzene rings is 2. The van der Waals surface area contributed by atoms with E-state index >= 15 is 0 Å². The minimum atomic E-state index is -5.22. The van der Waals surface area contributed by atoms with E-state index in [0.29, 0.717) is 15.4 Å². The van der Waals surface area contributed by atoms with Crippen molar-refractivity contribution in [2.75, 3.05) is 21.7 Å². The molecule has 1 aliphatic rings. The first-order chi connectivity index (χ1) is 20.4. The Morgan fingerprint density at radius 1 is 1.21 bits per heavy atom. The van der Waals surface area contributed by atoms with Crippen LogP contribution in [0.25, 0.3) is 11.3 Å². The number of nitrogens with one attached hydrogen (secondary N) is 2. The van der Waals surface area contributed by atoms with Gasteiger partial charge in [0.2, 0.25) is 5.95 Å². The molecule has 2 aromatic carbocycles. The van der Waals surface area contributed by atoms with Gasteiger partial charge < -0.3 is 15.7 Å². The van der Waals surface area contributed by atoms with Crippen LogP contribution in [0.3, 0.4) is 0 Å². The molecule has 10 nitrogen and oxygen atoms in total. The number of hydrogen-bond acceptors (Lipinski definition) is 8. The Labute approximate surface area is 244 Å². The highest BCUT2D eigenvalue weighted by molar-refractivity contribution is 7.13. The topological polar surface area (TPSA) is 124 Å². The Hall–Kier alpha value is -4.70. The van der Waals surface area contributed by atoms with Gasteiger partial charge in [0.05, 0.1) is 24.0 Å². The molecule has 2 aromatic heterocycles. The number of halogens is 5. The van der Waals surface area contributed by atoms with Crippen molar-refractivity contribution in [1.29, 1.82) is 0 Å². The molecule has 0 fully saturated rings. The Morgan fingerprint density at radius 3 is 2.56 bits per heavy atom. The van der Waals surface area contributed by atoms with Crippen LogP contribution in [0.15, 0.2) is 48.0 Å². The standard InChI is InChI=1S/C27H22F5N7O3S/c1-13-6-7-15(38(23(41)27(30,31)32)26-33-8-9-43-26)10-16(13)20-17-12-35-25(42)39(21-18(28)4-3-5-19(21)29)22(17)37-24(36-20)34-11-14(2)40/h3-10,14,40H,11-12H2,1-2H3,(H,35,42)(H,34,36,37)/t14-/m1/s1. The van der Waals surface area contributed by atoms with Gasteiger partial charge in [-0.2, -0.15) is 18.2 Å². The lowest BCUT2D eigenvalue weighted by molar-refractivity contribution is -0.169. The largest absolute Gasteiger partial charge is 0.472 e.